The molecule has 0 fully saturated rings. The molecule has 0 aliphatic carbocycles. The number of methoxy groups -OCH3 is 1. The molecule has 0 saturated carbocycles. The maximum absolute atomic E-state index is 13.6. The Balaban J connectivity index is 2.29. The maximum Gasteiger partial charge on any atom is 0.203 e. The van der Waals surface area contributed by atoms with Gasteiger partial charge in [0.15, 0.2) is 17.4 Å². The summed E-state index contributed by atoms with van der Waals surface area (Å²) in [5.41, 5.74) is 6.82. The van der Waals surface area contributed by atoms with Gasteiger partial charge in [0, 0.05) is 11.6 Å². The number of nitrogens with two attached hydrogens (primary N) is 1. The predicted octanol–water partition coefficient (Wildman–Crippen LogP) is 3.33. The van der Waals surface area contributed by atoms with Gasteiger partial charge in [-0.1, -0.05) is 6.07 Å². The second-order valence-corrected chi connectivity index (χ2v) is 4.77. The Kier molecular flexibility index (Phi) is 5.44. The Hall–Kier alpha value is -2.28. The van der Waals surface area contributed by atoms with E-state index in [-0.39, 0.29) is 12.7 Å². The first-order chi connectivity index (χ1) is 11.0. The van der Waals surface area contributed by atoms with Crippen LogP contribution in [-0.4, -0.2) is 13.7 Å². The molecule has 0 radical (unpaired) electrons. The highest BCUT2D eigenvalue weighted by atomic mass is 19.2. The first-order valence-electron chi connectivity index (χ1n) is 6.79. The minimum Gasteiger partial charge on any atom is -0.496 e. The van der Waals surface area contributed by atoms with Crippen LogP contribution in [0, 0.1) is 23.3 Å². The summed E-state index contributed by atoms with van der Waals surface area (Å²) >= 11 is 0. The number of halogens is 4. The Labute approximate surface area is 130 Å². The molecule has 0 spiro atoms. The summed E-state index contributed by atoms with van der Waals surface area (Å²) in [5.74, 6) is -6.90. The zero-order valence-electron chi connectivity index (χ0n) is 12.3. The number of hydrogen-bond acceptors (Lipinski definition) is 3. The molecule has 0 amide bonds. The quantitative estimate of drug-likeness (QED) is 0.653. The molecule has 0 unspecified atom stereocenters. The number of hydrogen-bond donors (Lipinski definition) is 1. The van der Waals surface area contributed by atoms with E-state index in [2.05, 4.69) is 0 Å². The second kappa shape index (κ2) is 7.32. The molecule has 0 aliphatic rings. The third-order valence-corrected chi connectivity index (χ3v) is 3.22. The molecule has 2 rings (SSSR count). The molecule has 124 valence electrons. The monoisotopic (exact) mass is 329 g/mol. The SMILES string of the molecule is COc1ccc(CCN)cc1COc1c(F)c(F)cc(F)c1F. The first kappa shape index (κ1) is 17.1. The van der Waals surface area contributed by atoms with E-state index < -0.39 is 29.0 Å². The molecule has 0 aromatic heterocycles. The molecular formula is C16H15F4NO2. The van der Waals surface area contributed by atoms with Crippen molar-refractivity contribution in [2.45, 2.75) is 13.0 Å². The van der Waals surface area contributed by atoms with Crippen LogP contribution in [0.5, 0.6) is 11.5 Å². The molecule has 2 aromatic carbocycles. The topological polar surface area (TPSA) is 44.5 Å². The molecule has 2 aromatic rings. The molecule has 0 saturated heterocycles. The van der Waals surface area contributed by atoms with E-state index in [0.717, 1.165) is 5.56 Å². The minimum absolute atomic E-state index is 0.125. The van der Waals surface area contributed by atoms with Crippen LogP contribution in [0.25, 0.3) is 0 Å². The third-order valence-electron chi connectivity index (χ3n) is 3.22. The Morgan fingerprint density at radius 2 is 1.65 bits per heavy atom. The van der Waals surface area contributed by atoms with Crippen LogP contribution in [0.1, 0.15) is 11.1 Å². The largest absolute Gasteiger partial charge is 0.496 e. The van der Waals surface area contributed by atoms with Gasteiger partial charge in [0.25, 0.3) is 0 Å². The highest BCUT2D eigenvalue weighted by molar-refractivity contribution is 5.38. The lowest BCUT2D eigenvalue weighted by Gasteiger charge is -2.13. The van der Waals surface area contributed by atoms with Gasteiger partial charge in [-0.05, 0) is 30.7 Å². The van der Waals surface area contributed by atoms with Crippen molar-refractivity contribution in [1.82, 2.24) is 0 Å². The Morgan fingerprint density at radius 3 is 2.22 bits per heavy atom. The van der Waals surface area contributed by atoms with Crippen LogP contribution in [-0.2, 0) is 13.0 Å². The fourth-order valence-electron chi connectivity index (χ4n) is 2.09. The summed E-state index contributed by atoms with van der Waals surface area (Å²) in [5, 5.41) is 0. The lowest BCUT2D eigenvalue weighted by molar-refractivity contribution is 0.256. The lowest BCUT2D eigenvalue weighted by Crippen LogP contribution is -2.07. The average Bonchev–Trinajstić information content (AvgIpc) is 2.53. The number of ether oxygens (including phenoxy) is 2. The predicted molar refractivity (Wildman–Crippen MR) is 76.4 cm³/mol. The van der Waals surface area contributed by atoms with Crippen LogP contribution >= 0.6 is 0 Å². The normalized spacial score (nSPS) is 10.7. The van der Waals surface area contributed by atoms with Gasteiger partial charge < -0.3 is 15.2 Å². The summed E-state index contributed by atoms with van der Waals surface area (Å²) in [6, 6.07) is 5.26. The van der Waals surface area contributed by atoms with Gasteiger partial charge in [0.05, 0.1) is 7.11 Å². The summed E-state index contributed by atoms with van der Waals surface area (Å²) < 4.78 is 63.5. The van der Waals surface area contributed by atoms with Crippen LogP contribution < -0.4 is 15.2 Å². The molecule has 23 heavy (non-hydrogen) atoms. The highest BCUT2D eigenvalue weighted by Crippen LogP contribution is 2.29. The van der Waals surface area contributed by atoms with Crippen LogP contribution in [0.4, 0.5) is 17.6 Å². The zero-order valence-corrected chi connectivity index (χ0v) is 12.3. The van der Waals surface area contributed by atoms with Crippen molar-refractivity contribution in [3.05, 3.63) is 58.7 Å². The Bertz CT molecular complexity index is 681. The summed E-state index contributed by atoms with van der Waals surface area (Å²) in [4.78, 5) is 0. The van der Waals surface area contributed by atoms with Crippen molar-refractivity contribution in [3.8, 4) is 11.5 Å². The third kappa shape index (κ3) is 3.73. The standard InChI is InChI=1S/C16H15F4NO2/c1-22-13-3-2-9(4-5-21)6-10(13)8-23-16-14(19)11(17)7-12(18)15(16)20/h2-3,6-7H,4-5,8,21H2,1H3. The number of benzene rings is 2. The van der Waals surface area contributed by atoms with E-state index >= 15 is 0 Å². The van der Waals surface area contributed by atoms with Gasteiger partial charge in [-0.2, -0.15) is 8.78 Å². The molecule has 0 atom stereocenters. The minimum atomic E-state index is -1.58. The highest BCUT2D eigenvalue weighted by Gasteiger charge is 2.21. The van der Waals surface area contributed by atoms with E-state index in [1.807, 2.05) is 0 Å². The average molecular weight is 329 g/mol. The first-order valence-corrected chi connectivity index (χ1v) is 6.79. The molecule has 2 N–H and O–H groups in total. The summed E-state index contributed by atoms with van der Waals surface area (Å²) in [6.45, 7) is 0.101. The molecular weight excluding hydrogens is 314 g/mol. The Morgan fingerprint density at radius 1 is 1.00 bits per heavy atom. The van der Waals surface area contributed by atoms with E-state index in [0.29, 0.717) is 24.3 Å². The van der Waals surface area contributed by atoms with E-state index in [4.69, 9.17) is 15.2 Å². The van der Waals surface area contributed by atoms with Crippen molar-refractivity contribution >= 4 is 0 Å². The lowest BCUT2D eigenvalue weighted by atomic mass is 10.1. The van der Waals surface area contributed by atoms with Gasteiger partial charge in [0.1, 0.15) is 12.4 Å². The van der Waals surface area contributed by atoms with Gasteiger partial charge in [-0.25, -0.2) is 8.78 Å². The van der Waals surface area contributed by atoms with Crippen LogP contribution in [0.2, 0.25) is 0 Å². The van der Waals surface area contributed by atoms with Gasteiger partial charge in [0.2, 0.25) is 11.6 Å². The number of rotatable bonds is 6. The van der Waals surface area contributed by atoms with E-state index in [1.165, 1.54) is 7.11 Å². The van der Waals surface area contributed by atoms with Crippen LogP contribution in [0.15, 0.2) is 24.3 Å². The van der Waals surface area contributed by atoms with Gasteiger partial charge in [-0.3, -0.25) is 0 Å². The van der Waals surface area contributed by atoms with Crippen molar-refractivity contribution in [2.24, 2.45) is 5.73 Å². The van der Waals surface area contributed by atoms with Crippen molar-refractivity contribution in [3.63, 3.8) is 0 Å². The van der Waals surface area contributed by atoms with Crippen LogP contribution in [0.3, 0.4) is 0 Å². The van der Waals surface area contributed by atoms with Gasteiger partial charge >= 0.3 is 0 Å². The van der Waals surface area contributed by atoms with E-state index in [1.54, 1.807) is 18.2 Å². The van der Waals surface area contributed by atoms with Crippen molar-refractivity contribution < 1.29 is 27.0 Å². The smallest absolute Gasteiger partial charge is 0.203 e. The summed E-state index contributed by atoms with van der Waals surface area (Å²) in [6.07, 6.45) is 0.592. The van der Waals surface area contributed by atoms with Gasteiger partial charge in [-0.15, -0.1) is 0 Å². The molecule has 7 heteroatoms. The van der Waals surface area contributed by atoms with E-state index in [9.17, 15) is 17.6 Å². The fraction of sp³-hybridized carbons (Fsp3) is 0.250. The fourth-order valence-corrected chi connectivity index (χ4v) is 2.09. The zero-order chi connectivity index (χ0) is 17.0. The molecule has 3 nitrogen and oxygen atoms in total. The van der Waals surface area contributed by atoms with Crippen molar-refractivity contribution in [1.29, 1.82) is 0 Å². The molecule has 0 heterocycles. The molecule has 0 aliphatic heterocycles. The maximum atomic E-state index is 13.6. The molecule has 0 bridgehead atoms. The summed E-state index contributed by atoms with van der Waals surface area (Å²) in [7, 11) is 1.42. The second-order valence-electron chi connectivity index (χ2n) is 4.77. The van der Waals surface area contributed by atoms with Crippen molar-refractivity contribution in [2.75, 3.05) is 13.7 Å².